The summed E-state index contributed by atoms with van der Waals surface area (Å²) in [4.78, 5) is 26.0. The van der Waals surface area contributed by atoms with E-state index < -0.39 is 0 Å². The number of hydrogen-bond donors (Lipinski definition) is 0. The standard InChI is InChI=1S/C14H6Br2ClNO2/c15-7-4-5-8-9(6-7)14(20)18(13(8)19)11-3-1-2-10(17)12(11)16/h1-6H. The van der Waals surface area contributed by atoms with E-state index in [-0.39, 0.29) is 11.8 Å². The lowest BCUT2D eigenvalue weighted by Gasteiger charge is -2.16. The van der Waals surface area contributed by atoms with E-state index in [0.29, 0.717) is 26.3 Å². The van der Waals surface area contributed by atoms with Gasteiger partial charge in [0.2, 0.25) is 0 Å². The van der Waals surface area contributed by atoms with Crippen LogP contribution >= 0.6 is 43.5 Å². The predicted molar refractivity (Wildman–Crippen MR) is 84.4 cm³/mol. The van der Waals surface area contributed by atoms with Crippen molar-refractivity contribution in [1.29, 1.82) is 0 Å². The van der Waals surface area contributed by atoms with Crippen molar-refractivity contribution in [2.75, 3.05) is 4.90 Å². The molecule has 0 radical (unpaired) electrons. The largest absolute Gasteiger partial charge is 0.268 e. The van der Waals surface area contributed by atoms with Crippen LogP contribution in [0.1, 0.15) is 20.7 Å². The summed E-state index contributed by atoms with van der Waals surface area (Å²) in [6.07, 6.45) is 0. The zero-order chi connectivity index (χ0) is 14.4. The molecule has 0 aromatic heterocycles. The molecule has 100 valence electrons. The van der Waals surface area contributed by atoms with Crippen molar-refractivity contribution in [3.63, 3.8) is 0 Å². The molecule has 0 saturated heterocycles. The Kier molecular flexibility index (Phi) is 3.44. The Morgan fingerprint density at radius 1 is 0.950 bits per heavy atom. The van der Waals surface area contributed by atoms with Gasteiger partial charge in [0.25, 0.3) is 11.8 Å². The van der Waals surface area contributed by atoms with Gasteiger partial charge in [-0.2, -0.15) is 0 Å². The molecule has 3 rings (SSSR count). The van der Waals surface area contributed by atoms with E-state index >= 15 is 0 Å². The van der Waals surface area contributed by atoms with E-state index in [1.165, 1.54) is 0 Å². The first-order chi connectivity index (χ1) is 9.50. The molecule has 1 heterocycles. The number of halogens is 3. The van der Waals surface area contributed by atoms with Crippen LogP contribution in [0.4, 0.5) is 5.69 Å². The minimum Gasteiger partial charge on any atom is -0.268 e. The second-order valence-electron chi connectivity index (χ2n) is 4.21. The zero-order valence-corrected chi connectivity index (χ0v) is 13.8. The fraction of sp³-hybridized carbons (Fsp3) is 0. The number of carbonyl (C=O) groups excluding carboxylic acids is 2. The van der Waals surface area contributed by atoms with Crippen molar-refractivity contribution >= 4 is 61.0 Å². The summed E-state index contributed by atoms with van der Waals surface area (Å²) >= 11 is 12.6. The monoisotopic (exact) mass is 413 g/mol. The van der Waals surface area contributed by atoms with Crippen LogP contribution < -0.4 is 4.90 Å². The van der Waals surface area contributed by atoms with Gasteiger partial charge in [-0.25, -0.2) is 4.90 Å². The topological polar surface area (TPSA) is 37.4 Å². The third-order valence-electron chi connectivity index (χ3n) is 3.02. The Bertz CT molecular complexity index is 761. The molecule has 0 fully saturated rings. The summed E-state index contributed by atoms with van der Waals surface area (Å²) in [6, 6.07) is 10.1. The van der Waals surface area contributed by atoms with Crippen LogP contribution in [0.15, 0.2) is 45.3 Å². The molecule has 2 amide bonds. The maximum Gasteiger partial charge on any atom is 0.266 e. The number of anilines is 1. The highest BCUT2D eigenvalue weighted by Crippen LogP contribution is 2.37. The molecule has 0 spiro atoms. The zero-order valence-electron chi connectivity index (χ0n) is 9.86. The highest BCUT2D eigenvalue weighted by Gasteiger charge is 2.37. The van der Waals surface area contributed by atoms with E-state index in [9.17, 15) is 9.59 Å². The predicted octanol–water partition coefficient (Wildman–Crippen LogP) is 4.67. The Morgan fingerprint density at radius 3 is 2.40 bits per heavy atom. The molecule has 2 aromatic rings. The summed E-state index contributed by atoms with van der Waals surface area (Å²) < 4.78 is 1.28. The first kappa shape index (κ1) is 13.8. The van der Waals surface area contributed by atoms with Crippen molar-refractivity contribution in [2.45, 2.75) is 0 Å². The van der Waals surface area contributed by atoms with Gasteiger partial charge in [-0.1, -0.05) is 33.6 Å². The summed E-state index contributed by atoms with van der Waals surface area (Å²) in [6.45, 7) is 0. The molecule has 20 heavy (non-hydrogen) atoms. The van der Waals surface area contributed by atoms with E-state index in [1.807, 2.05) is 0 Å². The first-order valence-corrected chi connectivity index (χ1v) is 7.59. The van der Waals surface area contributed by atoms with Crippen LogP contribution in [0.2, 0.25) is 5.02 Å². The summed E-state index contributed by atoms with van der Waals surface area (Å²) in [7, 11) is 0. The lowest BCUT2D eigenvalue weighted by atomic mass is 10.1. The fourth-order valence-electron chi connectivity index (χ4n) is 2.10. The van der Waals surface area contributed by atoms with Crippen LogP contribution in [0.3, 0.4) is 0 Å². The van der Waals surface area contributed by atoms with Crippen molar-refractivity contribution in [1.82, 2.24) is 0 Å². The van der Waals surface area contributed by atoms with Gasteiger partial charge < -0.3 is 0 Å². The lowest BCUT2D eigenvalue weighted by Crippen LogP contribution is -2.29. The Balaban J connectivity index is 2.17. The van der Waals surface area contributed by atoms with Crippen molar-refractivity contribution < 1.29 is 9.59 Å². The smallest absolute Gasteiger partial charge is 0.266 e. The summed E-state index contributed by atoms with van der Waals surface area (Å²) in [5, 5.41) is 0.445. The summed E-state index contributed by atoms with van der Waals surface area (Å²) in [5.41, 5.74) is 1.22. The Hall–Kier alpha value is -1.17. The number of imide groups is 1. The number of carbonyl (C=O) groups is 2. The normalized spacial score (nSPS) is 13.8. The van der Waals surface area contributed by atoms with Gasteiger partial charge in [-0.3, -0.25) is 9.59 Å². The molecule has 0 saturated carbocycles. The Labute approximate surface area is 136 Å². The first-order valence-electron chi connectivity index (χ1n) is 5.63. The van der Waals surface area contributed by atoms with Gasteiger partial charge in [0.05, 0.1) is 26.3 Å². The molecular formula is C14H6Br2ClNO2. The van der Waals surface area contributed by atoms with Crippen LogP contribution in [-0.2, 0) is 0 Å². The molecule has 2 aromatic carbocycles. The minimum absolute atomic E-state index is 0.347. The second-order valence-corrected chi connectivity index (χ2v) is 6.32. The van der Waals surface area contributed by atoms with Gasteiger partial charge in [0.1, 0.15) is 0 Å². The quantitative estimate of drug-likeness (QED) is 0.635. The molecule has 0 atom stereocenters. The number of nitrogens with zero attached hydrogens (tertiary/aromatic N) is 1. The third-order valence-corrected chi connectivity index (χ3v) is 4.89. The highest BCUT2D eigenvalue weighted by atomic mass is 79.9. The third kappa shape index (κ3) is 2.01. The number of fused-ring (bicyclic) bond motifs is 1. The lowest BCUT2D eigenvalue weighted by molar-refractivity contribution is 0.0926. The molecular weight excluding hydrogens is 409 g/mol. The molecule has 0 N–H and O–H groups in total. The van der Waals surface area contributed by atoms with Crippen LogP contribution in [-0.4, -0.2) is 11.8 Å². The van der Waals surface area contributed by atoms with E-state index in [2.05, 4.69) is 31.9 Å². The molecule has 0 unspecified atom stereocenters. The van der Waals surface area contributed by atoms with E-state index in [4.69, 9.17) is 11.6 Å². The number of rotatable bonds is 1. The highest BCUT2D eigenvalue weighted by molar-refractivity contribution is 9.11. The van der Waals surface area contributed by atoms with Crippen LogP contribution in [0.25, 0.3) is 0 Å². The number of hydrogen-bond acceptors (Lipinski definition) is 2. The average Bonchev–Trinajstić information content (AvgIpc) is 2.65. The van der Waals surface area contributed by atoms with Gasteiger partial charge in [-0.05, 0) is 46.3 Å². The summed E-state index contributed by atoms with van der Waals surface area (Å²) in [5.74, 6) is -0.699. The molecule has 1 aliphatic heterocycles. The molecule has 1 aliphatic rings. The van der Waals surface area contributed by atoms with Gasteiger partial charge in [-0.15, -0.1) is 0 Å². The minimum atomic E-state index is -0.353. The van der Waals surface area contributed by atoms with E-state index in [1.54, 1.807) is 36.4 Å². The van der Waals surface area contributed by atoms with Crippen molar-refractivity contribution in [3.8, 4) is 0 Å². The van der Waals surface area contributed by atoms with Gasteiger partial charge in [0.15, 0.2) is 0 Å². The van der Waals surface area contributed by atoms with Gasteiger partial charge in [0, 0.05) is 4.47 Å². The molecule has 0 aliphatic carbocycles. The molecule has 3 nitrogen and oxygen atoms in total. The SMILES string of the molecule is O=C1c2ccc(Br)cc2C(=O)N1c1cccc(Cl)c1Br. The van der Waals surface area contributed by atoms with Crippen LogP contribution in [0, 0.1) is 0 Å². The maximum atomic E-state index is 12.4. The Morgan fingerprint density at radius 2 is 1.65 bits per heavy atom. The average molecular weight is 415 g/mol. The maximum absolute atomic E-state index is 12.4. The van der Waals surface area contributed by atoms with Gasteiger partial charge >= 0.3 is 0 Å². The molecule has 6 heteroatoms. The molecule has 0 bridgehead atoms. The van der Waals surface area contributed by atoms with Crippen molar-refractivity contribution in [2.24, 2.45) is 0 Å². The fourth-order valence-corrected chi connectivity index (χ4v) is 3.07. The van der Waals surface area contributed by atoms with E-state index in [0.717, 1.165) is 9.37 Å². The van der Waals surface area contributed by atoms with Crippen LogP contribution in [0.5, 0.6) is 0 Å². The number of benzene rings is 2. The second kappa shape index (κ2) is 4.98. The van der Waals surface area contributed by atoms with Crippen molar-refractivity contribution in [3.05, 3.63) is 61.5 Å². The number of amides is 2.